The molecule has 7 nitrogen and oxygen atoms in total. The standard InChI is InChI=1S/C15H24N2O5Si/c1-5-21-15(19)14(13(18)12-6-7-16-10-17-12)22-11-20-8-9-23(2,3)4/h6-7,10,14H,5,8-9,11H2,1-4H3. The molecule has 0 aliphatic heterocycles. The van der Waals surface area contributed by atoms with Crippen LogP contribution in [0.3, 0.4) is 0 Å². The Balaban J connectivity index is 2.60. The fourth-order valence-corrected chi connectivity index (χ4v) is 2.35. The van der Waals surface area contributed by atoms with Crippen molar-refractivity contribution in [3.63, 3.8) is 0 Å². The Kier molecular flexibility index (Phi) is 8.00. The summed E-state index contributed by atoms with van der Waals surface area (Å²) in [6.45, 7) is 8.91. The highest BCUT2D eigenvalue weighted by Crippen LogP contribution is 2.09. The van der Waals surface area contributed by atoms with Crippen LogP contribution in [0.4, 0.5) is 0 Å². The molecule has 1 aromatic rings. The molecular weight excluding hydrogens is 316 g/mol. The van der Waals surface area contributed by atoms with Gasteiger partial charge in [-0.05, 0) is 19.0 Å². The van der Waals surface area contributed by atoms with Gasteiger partial charge in [-0.1, -0.05) is 19.6 Å². The molecule has 23 heavy (non-hydrogen) atoms. The number of hydrogen-bond acceptors (Lipinski definition) is 7. The summed E-state index contributed by atoms with van der Waals surface area (Å²) in [7, 11) is -1.20. The van der Waals surface area contributed by atoms with Crippen molar-refractivity contribution in [2.24, 2.45) is 0 Å². The number of ketones is 1. The maximum atomic E-state index is 12.3. The number of carbonyl (C=O) groups excluding carboxylic acids is 2. The molecule has 0 radical (unpaired) electrons. The molecule has 128 valence electrons. The average molecular weight is 340 g/mol. The van der Waals surface area contributed by atoms with Gasteiger partial charge in [0.2, 0.25) is 11.9 Å². The van der Waals surface area contributed by atoms with E-state index in [4.69, 9.17) is 14.2 Å². The summed E-state index contributed by atoms with van der Waals surface area (Å²) >= 11 is 0. The summed E-state index contributed by atoms with van der Waals surface area (Å²) in [4.78, 5) is 31.8. The molecule has 1 rings (SSSR count). The van der Waals surface area contributed by atoms with Gasteiger partial charge in [0.05, 0.1) is 6.61 Å². The zero-order valence-corrected chi connectivity index (χ0v) is 15.1. The lowest BCUT2D eigenvalue weighted by atomic mass is 10.1. The van der Waals surface area contributed by atoms with E-state index in [1.165, 1.54) is 18.6 Å². The minimum Gasteiger partial charge on any atom is -0.464 e. The molecule has 0 aromatic carbocycles. The van der Waals surface area contributed by atoms with Crippen molar-refractivity contribution in [1.29, 1.82) is 0 Å². The molecule has 0 saturated carbocycles. The SMILES string of the molecule is CCOC(=O)C(OCOCC[Si](C)(C)C)C(=O)c1ccncn1. The third-order valence-electron chi connectivity index (χ3n) is 2.89. The van der Waals surface area contributed by atoms with Gasteiger partial charge < -0.3 is 14.2 Å². The smallest absolute Gasteiger partial charge is 0.343 e. The van der Waals surface area contributed by atoms with E-state index >= 15 is 0 Å². The lowest BCUT2D eigenvalue weighted by Gasteiger charge is -2.17. The highest BCUT2D eigenvalue weighted by Gasteiger charge is 2.31. The van der Waals surface area contributed by atoms with E-state index < -0.39 is 25.9 Å². The summed E-state index contributed by atoms with van der Waals surface area (Å²) in [5.74, 6) is -1.32. The highest BCUT2D eigenvalue weighted by molar-refractivity contribution is 6.76. The zero-order chi connectivity index (χ0) is 17.3. The van der Waals surface area contributed by atoms with Crippen molar-refractivity contribution in [3.05, 3.63) is 24.3 Å². The normalized spacial score (nSPS) is 12.7. The van der Waals surface area contributed by atoms with E-state index in [2.05, 4.69) is 29.6 Å². The van der Waals surface area contributed by atoms with Gasteiger partial charge in [0, 0.05) is 20.9 Å². The highest BCUT2D eigenvalue weighted by atomic mass is 28.3. The maximum absolute atomic E-state index is 12.3. The van der Waals surface area contributed by atoms with Crippen LogP contribution in [0.1, 0.15) is 17.4 Å². The minimum absolute atomic E-state index is 0.0974. The molecule has 0 saturated heterocycles. The van der Waals surface area contributed by atoms with E-state index in [0.29, 0.717) is 6.61 Å². The van der Waals surface area contributed by atoms with Gasteiger partial charge >= 0.3 is 5.97 Å². The predicted octanol–water partition coefficient (Wildman–Crippen LogP) is 1.92. The van der Waals surface area contributed by atoms with Gasteiger partial charge in [-0.15, -0.1) is 0 Å². The lowest BCUT2D eigenvalue weighted by Crippen LogP contribution is -2.36. The number of Topliss-reactive ketones (excluding diaryl/α,β-unsaturated/α-hetero) is 1. The zero-order valence-electron chi connectivity index (χ0n) is 14.1. The van der Waals surface area contributed by atoms with Gasteiger partial charge in [-0.3, -0.25) is 4.79 Å². The number of esters is 1. The second-order valence-corrected chi connectivity index (χ2v) is 11.7. The van der Waals surface area contributed by atoms with E-state index in [1.54, 1.807) is 6.92 Å². The van der Waals surface area contributed by atoms with Gasteiger partial charge in [0.1, 0.15) is 18.8 Å². The molecular formula is C15H24N2O5Si. The van der Waals surface area contributed by atoms with Crippen LogP contribution in [-0.2, 0) is 19.0 Å². The van der Waals surface area contributed by atoms with Crippen LogP contribution in [0, 0.1) is 0 Å². The van der Waals surface area contributed by atoms with E-state index in [1.807, 2.05) is 0 Å². The van der Waals surface area contributed by atoms with E-state index in [9.17, 15) is 9.59 Å². The van der Waals surface area contributed by atoms with Crippen LogP contribution < -0.4 is 0 Å². The fourth-order valence-electron chi connectivity index (χ4n) is 1.59. The summed E-state index contributed by atoms with van der Waals surface area (Å²) < 4.78 is 15.6. The number of carbonyl (C=O) groups is 2. The molecule has 8 heteroatoms. The van der Waals surface area contributed by atoms with Crippen molar-refractivity contribution in [2.45, 2.75) is 38.7 Å². The topological polar surface area (TPSA) is 87.6 Å². The van der Waals surface area contributed by atoms with E-state index in [0.717, 1.165) is 6.04 Å². The first kappa shape index (κ1) is 19.4. The summed E-state index contributed by atoms with van der Waals surface area (Å²) in [5.41, 5.74) is 0.0974. The van der Waals surface area contributed by atoms with Crippen LogP contribution in [0.2, 0.25) is 25.7 Å². The van der Waals surface area contributed by atoms with Crippen LogP contribution in [0.25, 0.3) is 0 Å². The molecule has 1 unspecified atom stereocenters. The number of hydrogen-bond donors (Lipinski definition) is 0. The van der Waals surface area contributed by atoms with Gasteiger partial charge in [-0.2, -0.15) is 0 Å². The average Bonchev–Trinajstić information content (AvgIpc) is 2.50. The Hall–Kier alpha value is -1.64. The Morgan fingerprint density at radius 2 is 2.04 bits per heavy atom. The quantitative estimate of drug-likeness (QED) is 0.161. The third kappa shape index (κ3) is 7.44. The first-order valence-corrected chi connectivity index (χ1v) is 11.2. The number of rotatable bonds is 10. The molecule has 1 heterocycles. The Bertz CT molecular complexity index is 504. The third-order valence-corrected chi connectivity index (χ3v) is 4.59. The minimum atomic E-state index is -1.38. The molecule has 0 N–H and O–H groups in total. The number of ether oxygens (including phenoxy) is 3. The lowest BCUT2D eigenvalue weighted by molar-refractivity contribution is -0.161. The molecule has 0 amide bonds. The monoisotopic (exact) mass is 340 g/mol. The molecule has 0 aliphatic carbocycles. The molecule has 1 aromatic heterocycles. The molecule has 1 atom stereocenters. The van der Waals surface area contributed by atoms with Crippen molar-refractivity contribution < 1.29 is 23.8 Å². The summed E-state index contributed by atoms with van der Waals surface area (Å²) in [6.07, 6.45) is 1.28. The Morgan fingerprint density at radius 1 is 1.30 bits per heavy atom. The first-order chi connectivity index (χ1) is 10.8. The van der Waals surface area contributed by atoms with Gasteiger partial charge in [0.15, 0.2) is 0 Å². The van der Waals surface area contributed by atoms with Crippen LogP contribution in [0.15, 0.2) is 18.6 Å². The first-order valence-electron chi connectivity index (χ1n) is 7.51. The van der Waals surface area contributed by atoms with Gasteiger partial charge in [-0.25, -0.2) is 14.8 Å². The molecule has 0 spiro atoms. The van der Waals surface area contributed by atoms with E-state index in [-0.39, 0.29) is 19.1 Å². The van der Waals surface area contributed by atoms with Crippen molar-refractivity contribution in [2.75, 3.05) is 20.0 Å². The maximum Gasteiger partial charge on any atom is 0.343 e. The van der Waals surface area contributed by atoms with Gasteiger partial charge in [0.25, 0.3) is 0 Å². The Labute approximate surface area is 137 Å². The number of aromatic nitrogens is 2. The van der Waals surface area contributed by atoms with Crippen molar-refractivity contribution in [3.8, 4) is 0 Å². The number of nitrogens with zero attached hydrogens (tertiary/aromatic N) is 2. The second-order valence-electron chi connectivity index (χ2n) is 6.09. The fraction of sp³-hybridized carbons (Fsp3) is 0.600. The van der Waals surface area contributed by atoms with Crippen LogP contribution in [-0.4, -0.2) is 55.9 Å². The Morgan fingerprint density at radius 3 is 2.61 bits per heavy atom. The molecule has 0 aliphatic rings. The largest absolute Gasteiger partial charge is 0.464 e. The molecule has 0 fully saturated rings. The predicted molar refractivity (Wildman–Crippen MR) is 86.8 cm³/mol. The summed E-state index contributed by atoms with van der Waals surface area (Å²) in [6, 6.07) is 2.39. The van der Waals surface area contributed by atoms with Crippen LogP contribution in [0.5, 0.6) is 0 Å². The summed E-state index contributed by atoms with van der Waals surface area (Å²) in [5, 5.41) is 0. The second kappa shape index (κ2) is 9.49. The molecule has 0 bridgehead atoms. The van der Waals surface area contributed by atoms with Crippen molar-refractivity contribution >= 4 is 19.8 Å². The van der Waals surface area contributed by atoms with Crippen molar-refractivity contribution in [1.82, 2.24) is 9.97 Å². The van der Waals surface area contributed by atoms with Crippen LogP contribution >= 0.6 is 0 Å².